The number of aryl methyl sites for hydroxylation is 1. The van der Waals surface area contributed by atoms with Crippen LogP contribution in [0, 0.1) is 17.5 Å². The van der Waals surface area contributed by atoms with Crippen molar-refractivity contribution in [3.63, 3.8) is 0 Å². The van der Waals surface area contributed by atoms with Gasteiger partial charge in [-0.05, 0) is 54.8 Å². The summed E-state index contributed by atoms with van der Waals surface area (Å²) in [7, 11) is 1.47. The Morgan fingerprint density at radius 1 is 1.07 bits per heavy atom. The van der Waals surface area contributed by atoms with Gasteiger partial charge in [-0.1, -0.05) is 0 Å². The molecule has 1 atom stereocenters. The molecule has 1 unspecified atom stereocenters. The first-order valence-electron chi connectivity index (χ1n) is 9.06. The fourth-order valence-corrected chi connectivity index (χ4v) is 3.23. The highest BCUT2D eigenvalue weighted by atomic mass is 19.1. The van der Waals surface area contributed by atoms with Crippen LogP contribution < -0.4 is 10.6 Å². The molecule has 8 heteroatoms. The van der Waals surface area contributed by atoms with Gasteiger partial charge in [-0.15, -0.1) is 0 Å². The Bertz CT molecular complexity index is 1060. The van der Waals surface area contributed by atoms with Crippen molar-refractivity contribution in [2.45, 2.75) is 25.8 Å². The Morgan fingerprint density at radius 2 is 1.76 bits per heavy atom. The van der Waals surface area contributed by atoms with Crippen LogP contribution in [0.25, 0.3) is 22.2 Å². The lowest BCUT2D eigenvalue weighted by Gasteiger charge is -2.12. The molecule has 2 aromatic carbocycles. The molecule has 1 heterocycles. The van der Waals surface area contributed by atoms with Gasteiger partial charge in [0.1, 0.15) is 23.5 Å². The fourth-order valence-electron chi connectivity index (χ4n) is 3.23. The summed E-state index contributed by atoms with van der Waals surface area (Å²) in [5.41, 5.74) is 1.71. The number of H-pyrrole nitrogens is 1. The highest BCUT2D eigenvalue weighted by Crippen LogP contribution is 2.33. The van der Waals surface area contributed by atoms with Crippen molar-refractivity contribution in [2.24, 2.45) is 0 Å². The fraction of sp³-hybridized carbons (Fsp3) is 0.238. The van der Waals surface area contributed by atoms with Crippen LogP contribution in [0.15, 0.2) is 36.4 Å². The summed E-state index contributed by atoms with van der Waals surface area (Å²) in [4.78, 5) is 26.7. The average Bonchev–Trinajstić information content (AvgIpc) is 3.05. The number of carbonyl (C=O) groups excluding carboxylic acids is 2. The quantitative estimate of drug-likeness (QED) is 0.590. The molecule has 1 aromatic heterocycles. The Kier molecular flexibility index (Phi) is 5.91. The molecule has 3 N–H and O–H groups in total. The van der Waals surface area contributed by atoms with Gasteiger partial charge in [0.15, 0.2) is 0 Å². The summed E-state index contributed by atoms with van der Waals surface area (Å²) in [6, 6.07) is 6.83. The number of aromatic amines is 1. The third-order valence-electron chi connectivity index (χ3n) is 4.68. The van der Waals surface area contributed by atoms with Crippen LogP contribution in [-0.4, -0.2) is 29.9 Å². The molecular weight excluding hydrogens is 383 g/mol. The minimum absolute atomic E-state index is 0.000610. The summed E-state index contributed by atoms with van der Waals surface area (Å²) in [6.45, 7) is 1.55. The van der Waals surface area contributed by atoms with E-state index in [-0.39, 0.29) is 30.2 Å². The van der Waals surface area contributed by atoms with E-state index in [1.54, 1.807) is 6.92 Å². The van der Waals surface area contributed by atoms with Gasteiger partial charge in [0.25, 0.3) is 0 Å². The SMILES string of the molecule is CNC(=O)C(C)NC(=O)CCc1c(-c2ccc(F)cc2)[nH]c2c(F)cc(F)cc12. The van der Waals surface area contributed by atoms with E-state index in [0.29, 0.717) is 22.2 Å². The Balaban J connectivity index is 1.94. The smallest absolute Gasteiger partial charge is 0.242 e. The average molecular weight is 403 g/mol. The molecule has 3 aromatic rings. The van der Waals surface area contributed by atoms with E-state index < -0.39 is 23.5 Å². The minimum atomic E-state index is -0.757. The minimum Gasteiger partial charge on any atom is -0.357 e. The lowest BCUT2D eigenvalue weighted by Crippen LogP contribution is -2.43. The molecule has 152 valence electrons. The highest BCUT2D eigenvalue weighted by molar-refractivity contribution is 5.92. The maximum atomic E-state index is 14.3. The number of halogens is 3. The first-order chi connectivity index (χ1) is 13.8. The Morgan fingerprint density at radius 3 is 2.41 bits per heavy atom. The third kappa shape index (κ3) is 4.42. The molecule has 0 bridgehead atoms. The number of nitrogens with one attached hydrogen (secondary N) is 3. The van der Waals surface area contributed by atoms with Crippen LogP contribution in [0.3, 0.4) is 0 Å². The van der Waals surface area contributed by atoms with Gasteiger partial charge in [0.2, 0.25) is 11.8 Å². The second-order valence-electron chi connectivity index (χ2n) is 6.70. The number of aromatic nitrogens is 1. The highest BCUT2D eigenvalue weighted by Gasteiger charge is 2.19. The molecule has 29 heavy (non-hydrogen) atoms. The van der Waals surface area contributed by atoms with Gasteiger partial charge in [0, 0.05) is 30.6 Å². The lowest BCUT2D eigenvalue weighted by molar-refractivity contribution is -0.128. The zero-order valence-corrected chi connectivity index (χ0v) is 15.9. The first-order valence-corrected chi connectivity index (χ1v) is 9.06. The van der Waals surface area contributed by atoms with Crippen LogP contribution in [0.4, 0.5) is 13.2 Å². The van der Waals surface area contributed by atoms with Crippen molar-refractivity contribution in [3.05, 3.63) is 59.4 Å². The zero-order valence-electron chi connectivity index (χ0n) is 15.9. The van der Waals surface area contributed by atoms with Gasteiger partial charge in [0.05, 0.1) is 5.52 Å². The number of hydrogen-bond acceptors (Lipinski definition) is 2. The van der Waals surface area contributed by atoms with E-state index in [1.807, 2.05) is 0 Å². The molecule has 0 aliphatic carbocycles. The van der Waals surface area contributed by atoms with Gasteiger partial charge in [-0.2, -0.15) is 0 Å². The second kappa shape index (κ2) is 8.38. The van der Waals surface area contributed by atoms with Crippen LogP contribution in [-0.2, 0) is 16.0 Å². The van der Waals surface area contributed by atoms with Crippen LogP contribution in [0.5, 0.6) is 0 Å². The number of rotatable bonds is 6. The third-order valence-corrected chi connectivity index (χ3v) is 4.68. The summed E-state index contributed by atoms with van der Waals surface area (Å²) < 4.78 is 41.4. The van der Waals surface area contributed by atoms with Crippen molar-refractivity contribution >= 4 is 22.7 Å². The van der Waals surface area contributed by atoms with Gasteiger partial charge in [-0.3, -0.25) is 9.59 Å². The lowest BCUT2D eigenvalue weighted by atomic mass is 10.0. The van der Waals surface area contributed by atoms with Crippen molar-refractivity contribution in [3.8, 4) is 11.3 Å². The van der Waals surface area contributed by atoms with Crippen LogP contribution >= 0.6 is 0 Å². The van der Waals surface area contributed by atoms with Crippen molar-refractivity contribution in [1.29, 1.82) is 0 Å². The van der Waals surface area contributed by atoms with Gasteiger partial charge < -0.3 is 15.6 Å². The molecule has 0 saturated heterocycles. The van der Waals surface area contributed by atoms with Crippen LogP contribution in [0.1, 0.15) is 18.9 Å². The number of amides is 2. The molecule has 0 spiro atoms. The Labute approximate surface area is 165 Å². The molecule has 2 amide bonds. The molecular formula is C21H20F3N3O2. The van der Waals surface area contributed by atoms with E-state index in [4.69, 9.17) is 0 Å². The number of fused-ring (bicyclic) bond motifs is 1. The first kappa shape index (κ1) is 20.4. The molecule has 0 fully saturated rings. The molecule has 0 aliphatic heterocycles. The largest absolute Gasteiger partial charge is 0.357 e. The molecule has 0 saturated carbocycles. The van der Waals surface area contributed by atoms with E-state index in [2.05, 4.69) is 15.6 Å². The van der Waals surface area contributed by atoms with E-state index in [1.165, 1.54) is 37.4 Å². The summed E-state index contributed by atoms with van der Waals surface area (Å²) >= 11 is 0. The Hall–Kier alpha value is -3.29. The van der Waals surface area contributed by atoms with E-state index in [9.17, 15) is 22.8 Å². The number of likely N-dealkylation sites (N-methyl/N-ethyl adjacent to an activating group) is 1. The van der Waals surface area contributed by atoms with Crippen molar-refractivity contribution in [2.75, 3.05) is 7.05 Å². The topological polar surface area (TPSA) is 74.0 Å². The standard InChI is InChI=1S/C21H20F3N3O2/c1-11(21(29)25-2)26-18(28)8-7-15-16-9-14(23)10-17(24)20(16)27-19(15)12-3-5-13(22)6-4-12/h3-6,9-11,27H,7-8H2,1-2H3,(H,25,29)(H,26,28). The van der Waals surface area contributed by atoms with Crippen molar-refractivity contribution in [1.82, 2.24) is 15.6 Å². The van der Waals surface area contributed by atoms with Gasteiger partial charge >= 0.3 is 0 Å². The predicted octanol–water partition coefficient (Wildman–Crippen LogP) is 3.44. The summed E-state index contributed by atoms with van der Waals surface area (Å²) in [5, 5.41) is 5.32. The normalized spacial score (nSPS) is 12.0. The molecule has 0 aliphatic rings. The second-order valence-corrected chi connectivity index (χ2v) is 6.70. The number of hydrogen-bond donors (Lipinski definition) is 3. The maximum Gasteiger partial charge on any atom is 0.242 e. The van der Waals surface area contributed by atoms with E-state index >= 15 is 0 Å². The van der Waals surface area contributed by atoms with Crippen LogP contribution in [0.2, 0.25) is 0 Å². The number of carbonyl (C=O) groups is 2. The molecule has 5 nitrogen and oxygen atoms in total. The zero-order chi connectivity index (χ0) is 21.1. The van der Waals surface area contributed by atoms with E-state index in [0.717, 1.165) is 6.07 Å². The van der Waals surface area contributed by atoms with Crippen molar-refractivity contribution < 1.29 is 22.8 Å². The monoisotopic (exact) mass is 403 g/mol. The summed E-state index contributed by atoms with van der Waals surface area (Å²) in [6.07, 6.45) is 0.169. The molecule has 3 rings (SSSR count). The maximum absolute atomic E-state index is 14.3. The molecule has 0 radical (unpaired) electrons. The summed E-state index contributed by atoms with van der Waals surface area (Å²) in [5.74, 6) is -2.63. The van der Waals surface area contributed by atoms with Gasteiger partial charge in [-0.25, -0.2) is 13.2 Å². The number of benzene rings is 2. The predicted molar refractivity (Wildman–Crippen MR) is 104 cm³/mol.